The molecule has 0 aromatic heterocycles. The second-order valence-electron chi connectivity index (χ2n) is 19.4. The Labute approximate surface area is 389 Å². The highest BCUT2D eigenvalue weighted by atomic mass is 16.5. The van der Waals surface area contributed by atoms with Gasteiger partial charge in [-0.2, -0.15) is 0 Å². The first-order valence-corrected chi connectivity index (χ1v) is 25.2. The number of aliphatic hydroxyl groups is 2. The van der Waals surface area contributed by atoms with Crippen molar-refractivity contribution in [2.45, 2.75) is 167 Å². The van der Waals surface area contributed by atoms with Crippen LogP contribution in [0.2, 0.25) is 0 Å². The number of allylic oxidation sites excluding steroid dienone is 1. The van der Waals surface area contributed by atoms with Crippen molar-refractivity contribution < 1.29 is 24.5 Å². The van der Waals surface area contributed by atoms with E-state index in [-0.39, 0.29) is 12.0 Å². The molecule has 3 rings (SSSR count). The fraction of sp³-hybridized carbons (Fsp3) is 0.820. The number of aliphatic imine (C=N–C) groups is 1. The Balaban J connectivity index is 1.32. The average Bonchev–Trinajstić information content (AvgIpc) is 4.23. The highest BCUT2D eigenvalue weighted by molar-refractivity contribution is 5.92. The van der Waals surface area contributed by atoms with Gasteiger partial charge in [0.05, 0.1) is 18.8 Å². The molecule has 9 atom stereocenters. The first kappa shape index (κ1) is 55.2. The summed E-state index contributed by atoms with van der Waals surface area (Å²) in [6.07, 6.45) is 15.3. The highest BCUT2D eigenvalue weighted by Gasteiger charge is 2.32. The monoisotopic (exact) mass is 900 g/mol. The van der Waals surface area contributed by atoms with Crippen molar-refractivity contribution in [2.75, 3.05) is 92.2 Å². The van der Waals surface area contributed by atoms with E-state index in [4.69, 9.17) is 9.73 Å². The van der Waals surface area contributed by atoms with Gasteiger partial charge >= 0.3 is 0 Å². The first-order chi connectivity index (χ1) is 30.7. The highest BCUT2D eigenvalue weighted by Crippen LogP contribution is 2.20. The number of hydrogen-bond donors (Lipinski definition) is 5. The Hall–Kier alpha value is -3.17. The van der Waals surface area contributed by atoms with E-state index in [2.05, 4.69) is 90.0 Å². The van der Waals surface area contributed by atoms with E-state index in [9.17, 15) is 19.8 Å². The summed E-state index contributed by atoms with van der Waals surface area (Å²) in [6, 6.07) is 1.88. The summed E-state index contributed by atoms with van der Waals surface area (Å²) in [5.41, 5.74) is 1.95. The minimum atomic E-state index is -0.446. The van der Waals surface area contributed by atoms with Crippen molar-refractivity contribution in [1.82, 2.24) is 40.4 Å². The van der Waals surface area contributed by atoms with Crippen LogP contribution >= 0.6 is 0 Å². The summed E-state index contributed by atoms with van der Waals surface area (Å²) in [5, 5.41) is 30.2. The number of rotatable bonds is 42. The summed E-state index contributed by atoms with van der Waals surface area (Å²) < 4.78 is 5.85. The van der Waals surface area contributed by atoms with Crippen molar-refractivity contribution in [3.63, 3.8) is 0 Å². The number of aliphatic hydroxyl groups excluding tert-OH is 2. The van der Waals surface area contributed by atoms with Crippen LogP contribution in [0.3, 0.4) is 0 Å². The fourth-order valence-corrected chi connectivity index (χ4v) is 8.00. The summed E-state index contributed by atoms with van der Waals surface area (Å²) in [6.45, 7) is 32.5. The van der Waals surface area contributed by atoms with Gasteiger partial charge in [0.25, 0.3) is 0 Å². The van der Waals surface area contributed by atoms with Crippen molar-refractivity contribution in [2.24, 2.45) is 10.9 Å². The lowest BCUT2D eigenvalue weighted by molar-refractivity contribution is -0.121. The molecule has 0 aromatic rings. The number of amides is 2. The molecule has 9 unspecified atom stereocenters. The standard InChI is InChI=1S/C50H93N9O5/c1-40(32-57-33-43(57)4)38-64-46(7)52-26-16-11-13-19-29-55(8)42(3)31-49(53-27-17-9-10-18-28-54-50(63)24-23-48(62)37-59-35-45(59)6)56(39-60)30-20-14-12-15-25-51-41(2)21-22-47(61)36-58-34-44(58)5/h39-40,43-45,47-48,51-52,61-62H,2-3,7,9-38H2,1,4-6,8H3,(H,54,63)/b53-49-. The molecule has 14 nitrogen and oxygen atoms in total. The SMILES string of the molecule is C=C(CCC(O)CN1CC1C)NCCCCCCN(C=O)/C(CC(=C)N(C)CCCCCCNC(=C)OCC(C)CN1CC1C)=N\CCCCCCNC(=O)CCC(O)CN1CC1C. The number of ether oxygens (including phenoxy) is 1. The number of unbranched alkanes of at least 4 members (excludes halogenated alkanes) is 9. The van der Waals surface area contributed by atoms with Gasteiger partial charge in [-0.15, -0.1) is 0 Å². The van der Waals surface area contributed by atoms with Crippen LogP contribution in [0.4, 0.5) is 0 Å². The molecular formula is C50H93N9O5. The average molecular weight is 900 g/mol. The molecular weight excluding hydrogens is 807 g/mol. The largest absolute Gasteiger partial charge is 0.479 e. The maximum absolute atomic E-state index is 12.5. The molecule has 0 spiro atoms. The summed E-state index contributed by atoms with van der Waals surface area (Å²) in [7, 11) is 2.08. The summed E-state index contributed by atoms with van der Waals surface area (Å²) in [4.78, 5) is 40.7. The minimum Gasteiger partial charge on any atom is -0.479 e. The van der Waals surface area contributed by atoms with E-state index in [0.29, 0.717) is 75.9 Å². The zero-order chi connectivity index (χ0) is 46.7. The molecule has 3 saturated heterocycles. The molecule has 0 aromatic carbocycles. The van der Waals surface area contributed by atoms with Gasteiger partial charge in [-0.1, -0.05) is 58.6 Å². The topological polar surface area (TPSA) is 148 Å². The van der Waals surface area contributed by atoms with Gasteiger partial charge in [0.15, 0.2) is 5.88 Å². The molecule has 0 radical (unpaired) electrons. The van der Waals surface area contributed by atoms with Gasteiger partial charge in [0.1, 0.15) is 5.84 Å². The van der Waals surface area contributed by atoms with Crippen LogP contribution in [0.25, 0.3) is 0 Å². The fourth-order valence-electron chi connectivity index (χ4n) is 8.00. The van der Waals surface area contributed by atoms with E-state index in [1.807, 2.05) is 0 Å². The molecule has 3 fully saturated rings. The van der Waals surface area contributed by atoms with Crippen LogP contribution in [0.5, 0.6) is 0 Å². The van der Waals surface area contributed by atoms with Gasteiger partial charge in [0, 0.05) is 134 Å². The predicted molar refractivity (Wildman–Crippen MR) is 263 cm³/mol. The first-order valence-electron chi connectivity index (χ1n) is 25.2. The lowest BCUT2D eigenvalue weighted by Gasteiger charge is -2.26. The van der Waals surface area contributed by atoms with Crippen LogP contribution in [0.15, 0.2) is 42.0 Å². The number of carbonyl (C=O) groups is 2. The third kappa shape index (κ3) is 26.1. The van der Waals surface area contributed by atoms with Gasteiger partial charge < -0.3 is 40.7 Å². The molecule has 368 valence electrons. The van der Waals surface area contributed by atoms with E-state index in [1.54, 1.807) is 4.90 Å². The van der Waals surface area contributed by atoms with Crippen LogP contribution in [-0.2, 0) is 14.3 Å². The smallest absolute Gasteiger partial charge is 0.220 e. The minimum absolute atomic E-state index is 0.00601. The normalized spacial score (nSPS) is 22.5. The van der Waals surface area contributed by atoms with Crippen LogP contribution in [0.1, 0.15) is 137 Å². The third-order valence-electron chi connectivity index (χ3n) is 12.9. The molecule has 3 heterocycles. The summed E-state index contributed by atoms with van der Waals surface area (Å²) >= 11 is 0. The Kier molecular flexibility index (Phi) is 27.3. The van der Waals surface area contributed by atoms with Crippen LogP contribution < -0.4 is 16.0 Å². The molecule has 3 aliphatic heterocycles. The molecule has 0 aliphatic carbocycles. The van der Waals surface area contributed by atoms with Crippen LogP contribution in [0, 0.1) is 5.92 Å². The van der Waals surface area contributed by atoms with Crippen molar-refractivity contribution in [3.05, 3.63) is 37.0 Å². The van der Waals surface area contributed by atoms with Crippen molar-refractivity contribution >= 4 is 18.2 Å². The molecule has 0 saturated carbocycles. The van der Waals surface area contributed by atoms with Gasteiger partial charge in [-0.3, -0.25) is 29.3 Å². The van der Waals surface area contributed by atoms with Crippen molar-refractivity contribution in [3.8, 4) is 0 Å². The molecule has 3 aliphatic rings. The maximum Gasteiger partial charge on any atom is 0.220 e. The lowest BCUT2D eigenvalue weighted by Crippen LogP contribution is -2.33. The van der Waals surface area contributed by atoms with E-state index in [1.165, 1.54) is 6.54 Å². The van der Waals surface area contributed by atoms with Gasteiger partial charge in [0.2, 0.25) is 12.3 Å². The summed E-state index contributed by atoms with van der Waals surface area (Å²) in [5.74, 6) is 1.95. The zero-order valence-corrected chi connectivity index (χ0v) is 41.2. The Morgan fingerprint density at radius 2 is 1.23 bits per heavy atom. The van der Waals surface area contributed by atoms with Crippen molar-refractivity contribution in [1.29, 1.82) is 0 Å². The lowest BCUT2D eigenvalue weighted by atomic mass is 10.1. The van der Waals surface area contributed by atoms with E-state index in [0.717, 1.165) is 165 Å². The van der Waals surface area contributed by atoms with Crippen LogP contribution in [-0.4, -0.2) is 175 Å². The number of β-amino-alcohol motifs (C(OH)–C–C–N with tert-alkyl or cyclic N) is 2. The third-order valence-corrected chi connectivity index (χ3v) is 12.9. The molecule has 2 amide bonds. The molecule has 0 bridgehead atoms. The number of nitrogens with zero attached hydrogens (tertiary/aromatic N) is 6. The van der Waals surface area contributed by atoms with E-state index >= 15 is 0 Å². The second-order valence-corrected chi connectivity index (χ2v) is 19.4. The predicted octanol–water partition coefficient (Wildman–Crippen LogP) is 5.69. The zero-order valence-electron chi connectivity index (χ0n) is 41.2. The maximum atomic E-state index is 12.5. The Morgan fingerprint density at radius 3 is 1.81 bits per heavy atom. The number of hydrogen-bond acceptors (Lipinski definition) is 12. The van der Waals surface area contributed by atoms with Gasteiger partial charge in [-0.05, 0) is 85.1 Å². The Bertz CT molecular complexity index is 1400. The molecule has 14 heteroatoms. The number of carbonyl (C=O) groups excluding carboxylic acids is 2. The Morgan fingerprint density at radius 1 is 0.734 bits per heavy atom. The quantitative estimate of drug-likeness (QED) is 0.0129. The molecule has 5 N–H and O–H groups in total. The molecule has 64 heavy (non-hydrogen) atoms. The number of nitrogens with one attached hydrogen (secondary N) is 3. The van der Waals surface area contributed by atoms with Gasteiger partial charge in [-0.25, -0.2) is 0 Å². The second kappa shape index (κ2) is 31.7. The van der Waals surface area contributed by atoms with E-state index < -0.39 is 6.10 Å². The number of amidine groups is 1.